The van der Waals surface area contributed by atoms with Crippen LogP contribution in [0.25, 0.3) is 11.3 Å². The van der Waals surface area contributed by atoms with Crippen molar-refractivity contribution >= 4 is 42.7 Å². The summed E-state index contributed by atoms with van der Waals surface area (Å²) in [5.41, 5.74) is 1.94. The molecule has 3 nitrogen and oxygen atoms in total. The van der Waals surface area contributed by atoms with E-state index < -0.39 is 9.05 Å². The van der Waals surface area contributed by atoms with E-state index in [1.807, 2.05) is 19.1 Å². The predicted molar refractivity (Wildman–Crippen MR) is 70.3 cm³/mol. The van der Waals surface area contributed by atoms with Crippen molar-refractivity contribution in [3.05, 3.63) is 34.3 Å². The van der Waals surface area contributed by atoms with Gasteiger partial charge >= 0.3 is 0 Å². The Bertz CT molecular complexity index is 665. The van der Waals surface area contributed by atoms with Gasteiger partial charge in [-0.25, -0.2) is 13.4 Å². The normalized spacial score (nSPS) is 11.7. The molecule has 1 aromatic carbocycles. The van der Waals surface area contributed by atoms with Crippen LogP contribution in [0.2, 0.25) is 4.47 Å². The van der Waals surface area contributed by atoms with Crippen LogP contribution in [0.5, 0.6) is 0 Å². The minimum Gasteiger partial charge on any atom is -0.223 e. The molecule has 90 valence electrons. The zero-order valence-corrected chi connectivity index (χ0v) is 11.8. The molecular formula is C10H7Cl2NO2S2. The molecule has 1 aromatic heterocycles. The van der Waals surface area contributed by atoms with Gasteiger partial charge in [-0.1, -0.05) is 47.2 Å². The molecule has 17 heavy (non-hydrogen) atoms. The van der Waals surface area contributed by atoms with Crippen molar-refractivity contribution in [2.75, 3.05) is 0 Å². The van der Waals surface area contributed by atoms with Gasteiger partial charge in [-0.2, -0.15) is 0 Å². The predicted octanol–water partition coefficient (Wildman–Crippen LogP) is 3.70. The van der Waals surface area contributed by atoms with Gasteiger partial charge in [0.25, 0.3) is 9.05 Å². The summed E-state index contributed by atoms with van der Waals surface area (Å²) < 4.78 is 23.0. The number of halogens is 2. The lowest BCUT2D eigenvalue weighted by atomic mass is 10.1. The van der Waals surface area contributed by atoms with Gasteiger partial charge in [0.2, 0.25) is 0 Å². The molecule has 0 fully saturated rings. The molecule has 2 rings (SSSR count). The summed E-state index contributed by atoms with van der Waals surface area (Å²) in [4.78, 5) is 4.03. The maximum Gasteiger partial charge on any atom is 0.273 e. The first-order valence-electron chi connectivity index (χ1n) is 4.56. The Balaban J connectivity index is 2.73. The van der Waals surface area contributed by atoms with Gasteiger partial charge in [0.15, 0.2) is 8.68 Å². The van der Waals surface area contributed by atoms with E-state index >= 15 is 0 Å². The molecule has 2 aromatic rings. The summed E-state index contributed by atoms with van der Waals surface area (Å²) in [5, 5.41) is 0. The third kappa shape index (κ3) is 2.63. The minimum atomic E-state index is -3.83. The Morgan fingerprint density at radius 2 is 1.94 bits per heavy atom. The fourth-order valence-corrected chi connectivity index (χ4v) is 3.97. The lowest BCUT2D eigenvalue weighted by molar-refractivity contribution is 0.611. The molecule has 0 amide bonds. The van der Waals surface area contributed by atoms with Crippen LogP contribution in [-0.4, -0.2) is 13.4 Å². The molecule has 0 unspecified atom stereocenters. The van der Waals surface area contributed by atoms with Gasteiger partial charge < -0.3 is 0 Å². The number of thiazole rings is 1. The fraction of sp³-hybridized carbons (Fsp3) is 0.100. The largest absolute Gasteiger partial charge is 0.273 e. The topological polar surface area (TPSA) is 47.0 Å². The number of benzene rings is 1. The number of aromatic nitrogens is 1. The Labute approximate surface area is 112 Å². The Morgan fingerprint density at radius 1 is 1.29 bits per heavy atom. The zero-order valence-electron chi connectivity index (χ0n) is 8.65. The quantitative estimate of drug-likeness (QED) is 0.795. The first-order chi connectivity index (χ1) is 7.89. The average Bonchev–Trinajstić information content (AvgIpc) is 2.60. The van der Waals surface area contributed by atoms with Crippen molar-refractivity contribution in [1.82, 2.24) is 4.98 Å². The number of hydrogen-bond donors (Lipinski definition) is 0. The summed E-state index contributed by atoms with van der Waals surface area (Å²) in [6, 6.07) is 7.32. The number of hydrogen-bond acceptors (Lipinski definition) is 4. The highest BCUT2D eigenvalue weighted by molar-refractivity contribution is 8.15. The van der Waals surface area contributed by atoms with E-state index in [-0.39, 0.29) is 8.68 Å². The van der Waals surface area contributed by atoms with Crippen molar-refractivity contribution < 1.29 is 8.42 Å². The molecule has 0 aliphatic heterocycles. The molecule has 0 spiro atoms. The summed E-state index contributed by atoms with van der Waals surface area (Å²) in [6.07, 6.45) is 0. The van der Waals surface area contributed by atoms with Crippen molar-refractivity contribution in [3.63, 3.8) is 0 Å². The Morgan fingerprint density at radius 3 is 2.53 bits per heavy atom. The van der Waals surface area contributed by atoms with Crippen LogP contribution >= 0.6 is 33.6 Å². The molecule has 0 radical (unpaired) electrons. The fourth-order valence-electron chi connectivity index (χ4n) is 1.46. The molecule has 0 saturated heterocycles. The summed E-state index contributed by atoms with van der Waals surface area (Å²) in [6.45, 7) is 1.87. The summed E-state index contributed by atoms with van der Waals surface area (Å²) >= 11 is 6.62. The standard InChI is InChI=1S/C10H7Cl2NO2S2/c1-6-4-2-3-5-7(6)8-9(17(12,14)15)16-10(11)13-8/h2-5H,1H3. The highest BCUT2D eigenvalue weighted by Crippen LogP contribution is 2.37. The second-order valence-corrected chi connectivity index (χ2v) is 7.70. The number of aryl methyl sites for hydroxylation is 1. The van der Waals surface area contributed by atoms with Crippen LogP contribution in [0.15, 0.2) is 28.5 Å². The van der Waals surface area contributed by atoms with Crippen LogP contribution in [0.4, 0.5) is 0 Å². The molecule has 0 aliphatic carbocycles. The van der Waals surface area contributed by atoms with E-state index in [9.17, 15) is 8.42 Å². The molecule has 0 aliphatic rings. The monoisotopic (exact) mass is 307 g/mol. The summed E-state index contributed by atoms with van der Waals surface area (Å²) in [7, 11) is 1.53. The number of rotatable bonds is 2. The van der Waals surface area contributed by atoms with Gasteiger partial charge in [-0.15, -0.1) is 0 Å². The highest BCUT2D eigenvalue weighted by atomic mass is 35.7. The molecule has 0 atom stereocenters. The van der Waals surface area contributed by atoms with Gasteiger partial charge in [0.05, 0.1) is 0 Å². The van der Waals surface area contributed by atoms with Gasteiger partial charge in [-0.05, 0) is 12.5 Å². The van der Waals surface area contributed by atoms with E-state index in [1.54, 1.807) is 12.1 Å². The first kappa shape index (κ1) is 12.8. The third-order valence-electron chi connectivity index (χ3n) is 2.19. The molecule has 0 saturated carbocycles. The summed E-state index contributed by atoms with van der Waals surface area (Å²) in [5.74, 6) is 0. The van der Waals surface area contributed by atoms with Crippen molar-refractivity contribution in [1.29, 1.82) is 0 Å². The molecule has 7 heteroatoms. The van der Waals surface area contributed by atoms with E-state index in [4.69, 9.17) is 22.3 Å². The highest BCUT2D eigenvalue weighted by Gasteiger charge is 2.23. The van der Waals surface area contributed by atoms with Crippen LogP contribution in [0.3, 0.4) is 0 Å². The molecule has 0 N–H and O–H groups in total. The van der Waals surface area contributed by atoms with Crippen LogP contribution in [-0.2, 0) is 9.05 Å². The molecule has 1 heterocycles. The SMILES string of the molecule is Cc1ccccc1-c1nc(Cl)sc1S(=O)(=O)Cl. The van der Waals surface area contributed by atoms with E-state index in [1.165, 1.54) is 0 Å². The van der Waals surface area contributed by atoms with Crippen molar-refractivity contribution in [2.24, 2.45) is 0 Å². The van der Waals surface area contributed by atoms with E-state index in [0.717, 1.165) is 22.5 Å². The lowest BCUT2D eigenvalue weighted by Gasteiger charge is -2.03. The van der Waals surface area contributed by atoms with Crippen LogP contribution in [0, 0.1) is 6.92 Å². The average molecular weight is 308 g/mol. The maximum absolute atomic E-state index is 11.4. The Hall–Kier alpha value is -0.620. The van der Waals surface area contributed by atoms with E-state index in [0.29, 0.717) is 5.69 Å². The second kappa shape index (κ2) is 4.57. The second-order valence-electron chi connectivity index (χ2n) is 3.36. The van der Waals surface area contributed by atoms with Gasteiger partial charge in [0, 0.05) is 16.2 Å². The van der Waals surface area contributed by atoms with Crippen LogP contribution < -0.4 is 0 Å². The zero-order chi connectivity index (χ0) is 12.6. The van der Waals surface area contributed by atoms with Gasteiger partial charge in [0.1, 0.15) is 5.69 Å². The number of nitrogens with zero attached hydrogens (tertiary/aromatic N) is 1. The van der Waals surface area contributed by atoms with Crippen LogP contribution in [0.1, 0.15) is 5.56 Å². The minimum absolute atomic E-state index is 0.0153. The Kier molecular flexibility index (Phi) is 3.45. The maximum atomic E-state index is 11.4. The lowest BCUT2D eigenvalue weighted by Crippen LogP contribution is -1.92. The molecular weight excluding hydrogens is 301 g/mol. The third-order valence-corrected chi connectivity index (χ3v) is 5.43. The van der Waals surface area contributed by atoms with Crippen molar-refractivity contribution in [3.8, 4) is 11.3 Å². The molecule has 0 bridgehead atoms. The van der Waals surface area contributed by atoms with Crippen molar-refractivity contribution in [2.45, 2.75) is 11.1 Å². The first-order valence-corrected chi connectivity index (χ1v) is 8.07. The van der Waals surface area contributed by atoms with E-state index in [2.05, 4.69) is 4.98 Å². The van der Waals surface area contributed by atoms with Gasteiger partial charge in [-0.3, -0.25) is 0 Å². The smallest absolute Gasteiger partial charge is 0.223 e.